The molecule has 10 nitrogen and oxygen atoms in total. The quantitative estimate of drug-likeness (QED) is 0.353. The van der Waals surface area contributed by atoms with Crippen molar-refractivity contribution < 1.29 is 38.2 Å². The molecule has 0 aromatic heterocycles. The van der Waals surface area contributed by atoms with E-state index < -0.39 is 41.2 Å². The summed E-state index contributed by atoms with van der Waals surface area (Å²) in [6.45, 7) is 0. The average molecular weight is 350 g/mol. The third-order valence-corrected chi connectivity index (χ3v) is 3.01. The zero-order valence-electron chi connectivity index (χ0n) is 13.2. The molecular weight excluding hydrogens is 336 g/mol. The van der Waals surface area contributed by atoms with Crippen LogP contribution in [0.1, 0.15) is 10.4 Å². The van der Waals surface area contributed by atoms with Crippen molar-refractivity contribution >= 4 is 41.0 Å². The van der Waals surface area contributed by atoms with E-state index in [0.717, 1.165) is 14.2 Å². The van der Waals surface area contributed by atoms with Gasteiger partial charge < -0.3 is 20.5 Å². The number of ether oxygens (including phenoxy) is 2. The molecule has 0 aliphatic rings. The zero-order chi connectivity index (χ0) is 19.1. The molecule has 25 heavy (non-hydrogen) atoms. The third kappa shape index (κ3) is 4.47. The lowest BCUT2D eigenvalue weighted by Gasteiger charge is -2.12. The number of hydrogen-bond donors (Lipinski definition) is 2. The monoisotopic (exact) mass is 350 g/mol. The first kappa shape index (κ1) is 19.5. The summed E-state index contributed by atoms with van der Waals surface area (Å²) in [5, 5.41) is 2.06. The van der Waals surface area contributed by atoms with Crippen molar-refractivity contribution in [2.24, 2.45) is 11.7 Å². The van der Waals surface area contributed by atoms with Crippen LogP contribution in [0.3, 0.4) is 0 Å². The van der Waals surface area contributed by atoms with Gasteiger partial charge in [0.25, 0.3) is 17.6 Å². The van der Waals surface area contributed by atoms with E-state index in [2.05, 4.69) is 14.8 Å². The fraction of sp³-hybridized carbons (Fsp3) is 0.200. The van der Waals surface area contributed by atoms with Crippen LogP contribution in [0.25, 0.3) is 0 Å². The maximum absolute atomic E-state index is 12.1. The lowest BCUT2D eigenvalue weighted by molar-refractivity contribution is -0.163. The number of carbonyl (C=O) groups is 6. The number of amides is 2. The van der Waals surface area contributed by atoms with Gasteiger partial charge in [0, 0.05) is 0 Å². The summed E-state index contributed by atoms with van der Waals surface area (Å²) in [7, 11) is 1.73. The van der Waals surface area contributed by atoms with Crippen LogP contribution in [0, 0.1) is 5.92 Å². The van der Waals surface area contributed by atoms with E-state index in [4.69, 9.17) is 5.73 Å². The normalized spacial score (nSPS) is 11.0. The SMILES string of the molecule is COC(=O)C(=O)[C@@H](C(=O)OC)C(=O)C(=O)Nc1ccccc1C(N)=O. The lowest BCUT2D eigenvalue weighted by atomic mass is 9.98. The number of para-hydroxylation sites is 1. The fourth-order valence-electron chi connectivity index (χ4n) is 1.79. The Morgan fingerprint density at radius 3 is 2.08 bits per heavy atom. The number of nitrogens with two attached hydrogens (primary N) is 1. The van der Waals surface area contributed by atoms with Gasteiger partial charge in [0.15, 0.2) is 5.92 Å². The summed E-state index contributed by atoms with van der Waals surface area (Å²) in [6.07, 6.45) is 0. The number of esters is 2. The minimum atomic E-state index is -2.32. The molecule has 0 heterocycles. The van der Waals surface area contributed by atoms with Crippen LogP contribution in [-0.2, 0) is 33.4 Å². The summed E-state index contributed by atoms with van der Waals surface area (Å²) in [4.78, 5) is 70.2. The van der Waals surface area contributed by atoms with E-state index >= 15 is 0 Å². The number of ketones is 2. The van der Waals surface area contributed by atoms with Gasteiger partial charge in [-0.3, -0.25) is 24.0 Å². The Hall–Kier alpha value is -3.56. The van der Waals surface area contributed by atoms with Crippen LogP contribution >= 0.6 is 0 Å². The van der Waals surface area contributed by atoms with E-state index in [0.29, 0.717) is 0 Å². The van der Waals surface area contributed by atoms with Gasteiger partial charge in [0.2, 0.25) is 5.78 Å². The smallest absolute Gasteiger partial charge is 0.375 e. The van der Waals surface area contributed by atoms with E-state index in [1.807, 2.05) is 0 Å². The van der Waals surface area contributed by atoms with Crippen molar-refractivity contribution in [2.75, 3.05) is 19.5 Å². The summed E-state index contributed by atoms with van der Waals surface area (Å²) in [5.41, 5.74) is 4.93. The van der Waals surface area contributed by atoms with Crippen molar-refractivity contribution in [1.82, 2.24) is 0 Å². The van der Waals surface area contributed by atoms with Gasteiger partial charge >= 0.3 is 11.9 Å². The average Bonchev–Trinajstić information content (AvgIpc) is 2.60. The first-order valence-corrected chi connectivity index (χ1v) is 6.68. The second-order valence-corrected chi connectivity index (χ2v) is 4.54. The largest absolute Gasteiger partial charge is 0.468 e. The van der Waals surface area contributed by atoms with Crippen molar-refractivity contribution in [3.8, 4) is 0 Å². The third-order valence-electron chi connectivity index (χ3n) is 3.01. The Balaban J connectivity index is 3.12. The molecule has 1 atom stereocenters. The van der Waals surface area contributed by atoms with Crippen LogP contribution in [0.4, 0.5) is 5.69 Å². The predicted octanol–water partition coefficient (Wildman–Crippen LogP) is -1.18. The van der Waals surface area contributed by atoms with E-state index in [1.54, 1.807) is 0 Å². The van der Waals surface area contributed by atoms with Crippen molar-refractivity contribution in [3.63, 3.8) is 0 Å². The minimum Gasteiger partial charge on any atom is -0.468 e. The molecule has 3 N–H and O–H groups in total. The topological polar surface area (TPSA) is 159 Å². The highest BCUT2D eigenvalue weighted by Crippen LogP contribution is 2.15. The lowest BCUT2D eigenvalue weighted by Crippen LogP contribution is -2.43. The van der Waals surface area contributed by atoms with E-state index in [1.165, 1.54) is 24.3 Å². The molecular formula is C15H14N2O8. The molecule has 0 unspecified atom stereocenters. The molecule has 1 aromatic carbocycles. The van der Waals surface area contributed by atoms with Gasteiger partial charge in [-0.1, -0.05) is 12.1 Å². The van der Waals surface area contributed by atoms with Crippen molar-refractivity contribution in [2.45, 2.75) is 0 Å². The number of nitrogens with one attached hydrogen (secondary N) is 1. The number of primary amides is 1. The second kappa shape index (κ2) is 8.34. The Kier molecular flexibility index (Phi) is 6.50. The molecule has 1 rings (SSSR count). The Morgan fingerprint density at radius 1 is 0.960 bits per heavy atom. The van der Waals surface area contributed by atoms with Crippen LogP contribution in [-0.4, -0.2) is 49.5 Å². The second-order valence-electron chi connectivity index (χ2n) is 4.54. The molecule has 0 spiro atoms. The highest BCUT2D eigenvalue weighted by atomic mass is 16.5. The Bertz CT molecular complexity index is 756. The molecule has 0 aliphatic heterocycles. The summed E-state index contributed by atoms with van der Waals surface area (Å²) < 4.78 is 8.41. The molecule has 0 bridgehead atoms. The van der Waals surface area contributed by atoms with E-state index in [-0.39, 0.29) is 11.3 Å². The van der Waals surface area contributed by atoms with E-state index in [9.17, 15) is 28.8 Å². The summed E-state index contributed by atoms with van der Waals surface area (Å²) in [6, 6.07) is 5.49. The Labute approximate surface area is 141 Å². The number of hydrogen-bond acceptors (Lipinski definition) is 8. The number of benzene rings is 1. The zero-order valence-corrected chi connectivity index (χ0v) is 13.2. The molecule has 0 fully saturated rings. The predicted molar refractivity (Wildman–Crippen MR) is 81.1 cm³/mol. The van der Waals surface area contributed by atoms with Gasteiger partial charge in [-0.15, -0.1) is 0 Å². The molecule has 0 saturated carbocycles. The van der Waals surface area contributed by atoms with Crippen LogP contribution < -0.4 is 11.1 Å². The van der Waals surface area contributed by atoms with Crippen LogP contribution in [0.15, 0.2) is 24.3 Å². The number of anilines is 1. The first-order chi connectivity index (χ1) is 11.7. The van der Waals surface area contributed by atoms with Gasteiger partial charge in [-0.05, 0) is 12.1 Å². The van der Waals surface area contributed by atoms with Crippen molar-refractivity contribution in [3.05, 3.63) is 29.8 Å². The number of rotatable bonds is 7. The number of methoxy groups -OCH3 is 2. The summed E-state index contributed by atoms with van der Waals surface area (Å²) in [5.74, 6) is -10.6. The molecule has 10 heteroatoms. The number of carbonyl (C=O) groups excluding carboxylic acids is 6. The van der Waals surface area contributed by atoms with Crippen molar-refractivity contribution in [1.29, 1.82) is 0 Å². The molecule has 132 valence electrons. The van der Waals surface area contributed by atoms with Gasteiger partial charge in [0.05, 0.1) is 25.5 Å². The maximum atomic E-state index is 12.1. The van der Waals surface area contributed by atoms with Gasteiger partial charge in [0.1, 0.15) is 0 Å². The standard InChI is InChI=1S/C15H14N2O8/c1-24-14(22)9(11(19)15(23)25-2)10(18)13(21)17-8-6-4-3-5-7(8)12(16)20/h3-6,9H,1-2H3,(H2,16,20)(H,17,21)/t9-/m0/s1. The van der Waals surface area contributed by atoms with Crippen LogP contribution in [0.2, 0.25) is 0 Å². The van der Waals surface area contributed by atoms with Gasteiger partial charge in [-0.25, -0.2) is 4.79 Å². The molecule has 0 saturated heterocycles. The number of Topliss-reactive ketones (excluding diaryl/α,β-unsaturated/α-hetero) is 2. The molecule has 0 aliphatic carbocycles. The van der Waals surface area contributed by atoms with Crippen LogP contribution in [0.5, 0.6) is 0 Å². The molecule has 0 radical (unpaired) electrons. The molecule has 1 aromatic rings. The highest BCUT2D eigenvalue weighted by Gasteiger charge is 2.42. The minimum absolute atomic E-state index is 0.0995. The fourth-order valence-corrected chi connectivity index (χ4v) is 1.79. The Morgan fingerprint density at radius 2 is 1.56 bits per heavy atom. The molecule has 2 amide bonds. The highest BCUT2D eigenvalue weighted by molar-refractivity contribution is 6.54. The summed E-state index contributed by atoms with van der Waals surface area (Å²) >= 11 is 0. The van der Waals surface area contributed by atoms with Gasteiger partial charge in [-0.2, -0.15) is 0 Å². The first-order valence-electron chi connectivity index (χ1n) is 6.68. The maximum Gasteiger partial charge on any atom is 0.375 e.